The second-order valence-corrected chi connectivity index (χ2v) is 4.43. The molecular weight excluding hydrogens is 250 g/mol. The highest BCUT2D eigenvalue weighted by atomic mass is 16.5. The summed E-state index contributed by atoms with van der Waals surface area (Å²) in [6, 6.07) is 0. The van der Waals surface area contributed by atoms with Crippen molar-refractivity contribution in [1.29, 1.82) is 0 Å². The van der Waals surface area contributed by atoms with Crippen LogP contribution in [0.2, 0.25) is 0 Å². The first-order valence-corrected chi connectivity index (χ1v) is 6.58. The molecule has 0 spiro atoms. The molecule has 0 heterocycles. The van der Waals surface area contributed by atoms with Gasteiger partial charge in [-0.2, -0.15) is 0 Å². The van der Waals surface area contributed by atoms with Crippen LogP contribution in [-0.4, -0.2) is 57.8 Å². The second kappa shape index (κ2) is 12.2. The average Bonchev–Trinajstić information content (AvgIpc) is 2.41. The lowest BCUT2D eigenvalue weighted by Crippen LogP contribution is -2.53. The van der Waals surface area contributed by atoms with Crippen molar-refractivity contribution in [3.8, 4) is 0 Å². The Labute approximate surface area is 114 Å². The average molecular weight is 275 g/mol. The molecule has 0 aromatic carbocycles. The molecule has 2 N–H and O–H groups in total. The lowest BCUT2D eigenvalue weighted by atomic mass is 10.1. The van der Waals surface area contributed by atoms with Gasteiger partial charge < -0.3 is 29.5 Å². The van der Waals surface area contributed by atoms with Gasteiger partial charge in [-0.05, 0) is 6.42 Å². The van der Waals surface area contributed by atoms with Gasteiger partial charge in [0, 0.05) is 19.4 Å². The number of nitrogens with two attached hydrogens (primary N) is 1. The molecular formula is C13H25NO5. The summed E-state index contributed by atoms with van der Waals surface area (Å²) in [5.74, 6) is 0. The molecule has 0 aliphatic rings. The van der Waals surface area contributed by atoms with Crippen molar-refractivity contribution in [2.45, 2.75) is 31.7 Å². The molecule has 0 fully saturated rings. The fourth-order valence-corrected chi connectivity index (χ4v) is 1.36. The first-order chi connectivity index (χ1) is 9.18. The van der Waals surface area contributed by atoms with Gasteiger partial charge in [-0.3, -0.25) is 0 Å². The molecule has 0 aromatic rings. The third-order valence-corrected chi connectivity index (χ3v) is 2.28. The van der Waals surface area contributed by atoms with Crippen LogP contribution in [0.5, 0.6) is 0 Å². The number of aldehydes is 2. The fraction of sp³-hybridized carbons (Fsp3) is 0.846. The molecule has 0 saturated carbocycles. The summed E-state index contributed by atoms with van der Waals surface area (Å²) >= 11 is 0. The van der Waals surface area contributed by atoms with E-state index in [1.165, 1.54) is 0 Å². The van der Waals surface area contributed by atoms with Crippen molar-refractivity contribution >= 4 is 12.6 Å². The summed E-state index contributed by atoms with van der Waals surface area (Å²) in [5, 5.41) is 0. The van der Waals surface area contributed by atoms with E-state index < -0.39 is 5.54 Å². The molecule has 0 amide bonds. The van der Waals surface area contributed by atoms with Crippen LogP contribution in [0.25, 0.3) is 0 Å². The van der Waals surface area contributed by atoms with E-state index in [1.807, 2.05) is 6.92 Å². The molecule has 0 unspecified atom stereocenters. The number of hydrogen-bond acceptors (Lipinski definition) is 6. The van der Waals surface area contributed by atoms with Crippen LogP contribution in [0.15, 0.2) is 0 Å². The van der Waals surface area contributed by atoms with E-state index in [9.17, 15) is 9.59 Å². The molecule has 112 valence electrons. The predicted octanol–water partition coefficient (Wildman–Crippen LogP) is 0.322. The minimum absolute atomic E-state index is 0.256. The van der Waals surface area contributed by atoms with Crippen molar-refractivity contribution < 1.29 is 23.8 Å². The van der Waals surface area contributed by atoms with Crippen molar-refractivity contribution in [1.82, 2.24) is 0 Å². The van der Waals surface area contributed by atoms with E-state index in [4.69, 9.17) is 19.9 Å². The fourth-order valence-electron chi connectivity index (χ4n) is 1.36. The molecule has 0 rings (SSSR count). The van der Waals surface area contributed by atoms with Crippen molar-refractivity contribution in [3.63, 3.8) is 0 Å². The molecule has 0 saturated heterocycles. The maximum absolute atomic E-state index is 10.2. The van der Waals surface area contributed by atoms with Gasteiger partial charge in [0.1, 0.15) is 12.6 Å². The predicted molar refractivity (Wildman–Crippen MR) is 71.0 cm³/mol. The van der Waals surface area contributed by atoms with Crippen LogP contribution in [0.3, 0.4) is 0 Å². The minimum atomic E-state index is -0.749. The molecule has 6 heteroatoms. The molecule has 0 aliphatic heterocycles. The molecule has 19 heavy (non-hydrogen) atoms. The Hall–Kier alpha value is -0.820. The molecule has 0 atom stereocenters. The molecule has 0 aliphatic carbocycles. The summed E-state index contributed by atoms with van der Waals surface area (Å²) < 4.78 is 16.1. The SMILES string of the molecule is CCCOCC(N)(COCCC=O)COCCC=O. The summed E-state index contributed by atoms with van der Waals surface area (Å²) in [6.07, 6.45) is 3.20. The van der Waals surface area contributed by atoms with Gasteiger partial charge in [-0.15, -0.1) is 0 Å². The highest BCUT2D eigenvalue weighted by molar-refractivity contribution is 5.49. The van der Waals surface area contributed by atoms with Crippen LogP contribution in [0, 0.1) is 0 Å². The Morgan fingerprint density at radius 2 is 1.32 bits per heavy atom. The Bertz CT molecular complexity index is 219. The number of rotatable bonds is 14. The molecule has 0 radical (unpaired) electrons. The minimum Gasteiger partial charge on any atom is -0.379 e. The summed E-state index contributed by atoms with van der Waals surface area (Å²) in [4.78, 5) is 20.4. The summed E-state index contributed by atoms with van der Waals surface area (Å²) in [5.41, 5.74) is 5.40. The lowest BCUT2D eigenvalue weighted by Gasteiger charge is -2.28. The van der Waals surface area contributed by atoms with Crippen molar-refractivity contribution in [3.05, 3.63) is 0 Å². The first kappa shape index (κ1) is 18.2. The highest BCUT2D eigenvalue weighted by Gasteiger charge is 2.26. The van der Waals surface area contributed by atoms with E-state index in [0.717, 1.165) is 19.0 Å². The summed E-state index contributed by atoms with van der Waals surface area (Å²) in [6.45, 7) is 4.15. The van der Waals surface area contributed by atoms with E-state index in [1.54, 1.807) is 0 Å². The van der Waals surface area contributed by atoms with Crippen LogP contribution in [0.4, 0.5) is 0 Å². The van der Waals surface area contributed by atoms with E-state index >= 15 is 0 Å². The standard InChI is InChI=1S/C13H25NO5/c1-2-7-17-10-13(14,11-18-8-3-5-15)12-19-9-4-6-16/h5-6H,2-4,7-12,14H2,1H3. The normalized spacial score (nSPS) is 11.5. The van der Waals surface area contributed by atoms with Crippen molar-refractivity contribution in [2.24, 2.45) is 5.73 Å². The number of ether oxygens (including phenoxy) is 3. The molecule has 6 nitrogen and oxygen atoms in total. The van der Waals surface area contributed by atoms with E-state index in [2.05, 4.69) is 0 Å². The largest absolute Gasteiger partial charge is 0.379 e. The number of carbonyl (C=O) groups is 2. The van der Waals surface area contributed by atoms with Gasteiger partial charge >= 0.3 is 0 Å². The van der Waals surface area contributed by atoms with Gasteiger partial charge in [0.05, 0.1) is 38.6 Å². The zero-order chi connectivity index (χ0) is 14.4. The van der Waals surface area contributed by atoms with Crippen LogP contribution in [0.1, 0.15) is 26.2 Å². The quantitative estimate of drug-likeness (QED) is 0.363. The van der Waals surface area contributed by atoms with Gasteiger partial charge in [-0.1, -0.05) is 6.92 Å². The van der Waals surface area contributed by atoms with Gasteiger partial charge in [0.25, 0.3) is 0 Å². The Morgan fingerprint density at radius 1 is 0.895 bits per heavy atom. The van der Waals surface area contributed by atoms with Gasteiger partial charge in [-0.25, -0.2) is 0 Å². The maximum Gasteiger partial charge on any atom is 0.122 e. The van der Waals surface area contributed by atoms with Gasteiger partial charge in [0.15, 0.2) is 0 Å². The van der Waals surface area contributed by atoms with Gasteiger partial charge in [0.2, 0.25) is 0 Å². The van der Waals surface area contributed by atoms with E-state index in [-0.39, 0.29) is 13.2 Å². The third kappa shape index (κ3) is 10.8. The maximum atomic E-state index is 10.2. The molecule has 0 aromatic heterocycles. The monoisotopic (exact) mass is 275 g/mol. The topological polar surface area (TPSA) is 87.8 Å². The van der Waals surface area contributed by atoms with Crippen LogP contribution >= 0.6 is 0 Å². The third-order valence-electron chi connectivity index (χ3n) is 2.28. The zero-order valence-corrected chi connectivity index (χ0v) is 11.6. The first-order valence-electron chi connectivity index (χ1n) is 6.58. The Kier molecular flexibility index (Phi) is 11.7. The lowest BCUT2D eigenvalue weighted by molar-refractivity contribution is -0.109. The van der Waals surface area contributed by atoms with Crippen LogP contribution < -0.4 is 5.73 Å². The Balaban J connectivity index is 4.02. The smallest absolute Gasteiger partial charge is 0.122 e. The number of carbonyl (C=O) groups excluding carboxylic acids is 2. The highest BCUT2D eigenvalue weighted by Crippen LogP contribution is 2.05. The zero-order valence-electron chi connectivity index (χ0n) is 11.6. The summed E-state index contributed by atoms with van der Waals surface area (Å²) in [7, 11) is 0. The number of hydrogen-bond donors (Lipinski definition) is 1. The Morgan fingerprint density at radius 3 is 1.68 bits per heavy atom. The molecule has 0 bridgehead atoms. The second-order valence-electron chi connectivity index (χ2n) is 4.43. The van der Waals surface area contributed by atoms with E-state index in [0.29, 0.717) is 39.3 Å². The van der Waals surface area contributed by atoms with Crippen molar-refractivity contribution in [2.75, 3.05) is 39.6 Å². The van der Waals surface area contributed by atoms with Crippen LogP contribution in [-0.2, 0) is 23.8 Å².